The van der Waals surface area contributed by atoms with E-state index in [1.165, 1.54) is 0 Å². The summed E-state index contributed by atoms with van der Waals surface area (Å²) in [5.41, 5.74) is 1.12. The van der Waals surface area contributed by atoms with Crippen LogP contribution in [0.15, 0.2) is 24.3 Å². The highest BCUT2D eigenvalue weighted by molar-refractivity contribution is 5.96. The number of cyclic esters (lactones) is 1. The van der Waals surface area contributed by atoms with Gasteiger partial charge in [0.25, 0.3) is 0 Å². The second-order valence-electron chi connectivity index (χ2n) is 5.05. The largest absolute Gasteiger partial charge is 0.463 e. The van der Waals surface area contributed by atoms with Crippen LogP contribution in [0, 0.1) is 0 Å². The molecular weight excluding hydrogens is 274 g/mol. The van der Waals surface area contributed by atoms with E-state index in [2.05, 4.69) is 0 Å². The summed E-state index contributed by atoms with van der Waals surface area (Å²) in [5.74, 6) is -0.959. The van der Waals surface area contributed by atoms with Crippen molar-refractivity contribution in [3.05, 3.63) is 29.8 Å². The molecule has 0 aliphatic carbocycles. The summed E-state index contributed by atoms with van der Waals surface area (Å²) in [4.78, 5) is 36.5. The summed E-state index contributed by atoms with van der Waals surface area (Å²) in [6.45, 7) is 0.989. The highest BCUT2D eigenvalue weighted by Gasteiger charge is 2.30. The number of carbonyl (C=O) groups excluding carboxylic acids is 3. The van der Waals surface area contributed by atoms with E-state index in [9.17, 15) is 14.4 Å². The van der Waals surface area contributed by atoms with Crippen LogP contribution >= 0.6 is 0 Å². The Morgan fingerprint density at radius 3 is 2.57 bits per heavy atom. The Morgan fingerprint density at radius 2 is 2.00 bits per heavy atom. The first kappa shape index (κ1) is 13.6. The molecule has 2 fully saturated rings. The molecule has 1 aromatic carbocycles. The van der Waals surface area contributed by atoms with Crippen molar-refractivity contribution < 1.29 is 23.9 Å². The quantitative estimate of drug-likeness (QED) is 0.784. The fourth-order valence-corrected chi connectivity index (χ4v) is 2.48. The molecule has 1 aromatic rings. The predicted molar refractivity (Wildman–Crippen MR) is 72.8 cm³/mol. The number of hydrogen-bond acceptors (Lipinski definition) is 5. The summed E-state index contributed by atoms with van der Waals surface area (Å²) in [6, 6.07) is 6.63. The van der Waals surface area contributed by atoms with Gasteiger partial charge < -0.3 is 14.4 Å². The molecule has 6 heteroatoms. The predicted octanol–water partition coefficient (Wildman–Crippen LogP) is 1.29. The van der Waals surface area contributed by atoms with Gasteiger partial charge in [-0.15, -0.1) is 0 Å². The van der Waals surface area contributed by atoms with Crippen molar-refractivity contribution in [1.29, 1.82) is 0 Å². The molecule has 2 aliphatic rings. The molecule has 0 saturated carbocycles. The SMILES string of the molecule is O=C(OC1CCOC1=O)c1ccc(N2CCCC2=O)cc1. The summed E-state index contributed by atoms with van der Waals surface area (Å²) in [7, 11) is 0. The van der Waals surface area contributed by atoms with Gasteiger partial charge >= 0.3 is 11.9 Å². The minimum Gasteiger partial charge on any atom is -0.463 e. The van der Waals surface area contributed by atoms with Gasteiger partial charge in [-0.05, 0) is 30.7 Å². The maximum atomic E-state index is 11.9. The second kappa shape index (κ2) is 5.55. The van der Waals surface area contributed by atoms with Crippen LogP contribution in [0.4, 0.5) is 5.69 Å². The number of rotatable bonds is 3. The molecule has 0 N–H and O–H groups in total. The Balaban J connectivity index is 1.67. The molecule has 0 bridgehead atoms. The summed E-state index contributed by atoms with van der Waals surface area (Å²) >= 11 is 0. The van der Waals surface area contributed by atoms with Crippen LogP contribution in [0.1, 0.15) is 29.6 Å². The van der Waals surface area contributed by atoms with Gasteiger partial charge in [-0.1, -0.05) is 0 Å². The van der Waals surface area contributed by atoms with Crippen LogP contribution in [0.3, 0.4) is 0 Å². The Labute approximate surface area is 121 Å². The Kier molecular flexibility index (Phi) is 3.60. The molecule has 6 nitrogen and oxygen atoms in total. The van der Waals surface area contributed by atoms with Gasteiger partial charge in [0, 0.05) is 25.1 Å². The molecule has 0 radical (unpaired) electrons. The maximum Gasteiger partial charge on any atom is 0.347 e. The van der Waals surface area contributed by atoms with Crippen molar-refractivity contribution in [3.63, 3.8) is 0 Å². The normalized spacial score (nSPS) is 21.5. The first-order valence-corrected chi connectivity index (χ1v) is 6.93. The number of ether oxygens (including phenoxy) is 2. The summed E-state index contributed by atoms with van der Waals surface area (Å²) in [6.07, 6.45) is 1.00. The number of carbonyl (C=O) groups is 3. The second-order valence-corrected chi connectivity index (χ2v) is 5.05. The zero-order chi connectivity index (χ0) is 14.8. The zero-order valence-electron chi connectivity index (χ0n) is 11.4. The lowest BCUT2D eigenvalue weighted by Gasteiger charge is -2.16. The lowest BCUT2D eigenvalue weighted by atomic mass is 10.2. The first-order valence-electron chi connectivity index (χ1n) is 6.93. The van der Waals surface area contributed by atoms with Gasteiger partial charge in [-0.25, -0.2) is 9.59 Å². The number of esters is 2. The monoisotopic (exact) mass is 289 g/mol. The smallest absolute Gasteiger partial charge is 0.347 e. The highest BCUT2D eigenvalue weighted by Crippen LogP contribution is 2.22. The molecule has 0 aromatic heterocycles. The number of amides is 1. The highest BCUT2D eigenvalue weighted by atomic mass is 16.6. The van der Waals surface area contributed by atoms with Gasteiger partial charge in [-0.3, -0.25) is 4.79 Å². The maximum absolute atomic E-state index is 11.9. The van der Waals surface area contributed by atoms with Crippen molar-refractivity contribution in [2.45, 2.75) is 25.4 Å². The Hall–Kier alpha value is -2.37. The van der Waals surface area contributed by atoms with Crippen molar-refractivity contribution in [2.24, 2.45) is 0 Å². The summed E-state index contributed by atoms with van der Waals surface area (Å²) < 4.78 is 9.84. The lowest BCUT2D eigenvalue weighted by Crippen LogP contribution is -2.24. The van der Waals surface area contributed by atoms with E-state index in [0.29, 0.717) is 24.9 Å². The third-order valence-corrected chi connectivity index (χ3v) is 3.62. The lowest BCUT2D eigenvalue weighted by molar-refractivity contribution is -0.145. The fraction of sp³-hybridized carbons (Fsp3) is 0.400. The standard InChI is InChI=1S/C15H15NO5/c17-13-2-1-8-16(13)11-5-3-10(4-6-11)14(18)21-12-7-9-20-15(12)19/h3-6,12H,1-2,7-9H2. The molecule has 1 unspecified atom stereocenters. The minimum atomic E-state index is -0.808. The van der Waals surface area contributed by atoms with Crippen molar-refractivity contribution in [2.75, 3.05) is 18.1 Å². The van der Waals surface area contributed by atoms with Crippen LogP contribution in [0.5, 0.6) is 0 Å². The van der Waals surface area contributed by atoms with E-state index >= 15 is 0 Å². The Bertz CT molecular complexity index is 580. The van der Waals surface area contributed by atoms with E-state index in [1.807, 2.05) is 0 Å². The molecule has 1 atom stereocenters. The van der Waals surface area contributed by atoms with Gasteiger partial charge in [0.05, 0.1) is 12.2 Å². The third kappa shape index (κ3) is 2.74. The van der Waals surface area contributed by atoms with E-state index in [4.69, 9.17) is 9.47 Å². The van der Waals surface area contributed by atoms with Gasteiger partial charge in [0.15, 0.2) is 0 Å². The van der Waals surface area contributed by atoms with Crippen molar-refractivity contribution in [1.82, 2.24) is 0 Å². The molecule has 21 heavy (non-hydrogen) atoms. The molecule has 110 valence electrons. The minimum absolute atomic E-state index is 0.0963. The number of benzene rings is 1. The van der Waals surface area contributed by atoms with Crippen molar-refractivity contribution in [3.8, 4) is 0 Å². The van der Waals surface area contributed by atoms with E-state index in [0.717, 1.165) is 12.1 Å². The van der Waals surface area contributed by atoms with Gasteiger partial charge in [0.2, 0.25) is 12.0 Å². The van der Waals surface area contributed by atoms with E-state index < -0.39 is 18.0 Å². The molecule has 1 amide bonds. The Morgan fingerprint density at radius 1 is 1.24 bits per heavy atom. The molecule has 3 rings (SSSR count). The number of nitrogens with zero attached hydrogens (tertiary/aromatic N) is 1. The van der Waals surface area contributed by atoms with Crippen molar-refractivity contribution >= 4 is 23.5 Å². The van der Waals surface area contributed by atoms with Gasteiger partial charge in [-0.2, -0.15) is 0 Å². The van der Waals surface area contributed by atoms with Crippen LogP contribution in [-0.4, -0.2) is 37.1 Å². The number of hydrogen-bond donors (Lipinski definition) is 0. The third-order valence-electron chi connectivity index (χ3n) is 3.62. The van der Waals surface area contributed by atoms with Crippen LogP contribution in [-0.2, 0) is 19.1 Å². The molecule has 2 saturated heterocycles. The van der Waals surface area contributed by atoms with Crippen LogP contribution < -0.4 is 4.90 Å². The molecule has 2 heterocycles. The van der Waals surface area contributed by atoms with Crippen LogP contribution in [0.25, 0.3) is 0 Å². The van der Waals surface area contributed by atoms with E-state index in [1.54, 1.807) is 29.2 Å². The summed E-state index contributed by atoms with van der Waals surface area (Å²) in [5, 5.41) is 0. The molecule has 0 spiro atoms. The molecular formula is C15H15NO5. The van der Waals surface area contributed by atoms with Crippen LogP contribution in [0.2, 0.25) is 0 Å². The first-order chi connectivity index (χ1) is 10.1. The average molecular weight is 289 g/mol. The topological polar surface area (TPSA) is 72.9 Å². The van der Waals surface area contributed by atoms with E-state index in [-0.39, 0.29) is 12.5 Å². The number of anilines is 1. The van der Waals surface area contributed by atoms with Gasteiger partial charge in [0.1, 0.15) is 0 Å². The zero-order valence-corrected chi connectivity index (χ0v) is 11.4. The average Bonchev–Trinajstić information content (AvgIpc) is 3.08. The fourth-order valence-electron chi connectivity index (χ4n) is 2.48. The molecule has 2 aliphatic heterocycles.